The van der Waals surface area contributed by atoms with Crippen LogP contribution in [0.2, 0.25) is 0 Å². The maximum atomic E-state index is 13.7. The molecule has 1 amide bonds. The van der Waals surface area contributed by atoms with Crippen LogP contribution in [0.5, 0.6) is 5.75 Å². The Morgan fingerprint density at radius 1 is 1.29 bits per heavy atom. The molecule has 1 heterocycles. The fourth-order valence-corrected chi connectivity index (χ4v) is 5.47. The molecule has 0 radical (unpaired) electrons. The largest absolute Gasteiger partial charge is 0.508 e. The zero-order chi connectivity index (χ0) is 25.1. The molecule has 11 heteroatoms. The van der Waals surface area contributed by atoms with E-state index >= 15 is 0 Å². The molecule has 7 N–H and O–H groups in total. The summed E-state index contributed by atoms with van der Waals surface area (Å²) in [5, 5.41) is 46.9. The molecule has 0 aromatic carbocycles. The summed E-state index contributed by atoms with van der Waals surface area (Å²) in [4.78, 5) is 44.7. The van der Waals surface area contributed by atoms with Gasteiger partial charge in [-0.25, -0.2) is 4.98 Å². The van der Waals surface area contributed by atoms with Gasteiger partial charge in [-0.15, -0.1) is 0 Å². The second-order valence-electron chi connectivity index (χ2n) is 9.20. The van der Waals surface area contributed by atoms with Crippen LogP contribution in [0.15, 0.2) is 23.1 Å². The first kappa shape index (κ1) is 23.7. The summed E-state index contributed by atoms with van der Waals surface area (Å²) in [5.41, 5.74) is 2.19. The summed E-state index contributed by atoms with van der Waals surface area (Å²) in [6.07, 6.45) is 2.02. The van der Waals surface area contributed by atoms with Crippen molar-refractivity contribution in [3.8, 4) is 5.75 Å². The van der Waals surface area contributed by atoms with Gasteiger partial charge >= 0.3 is 0 Å². The molecule has 1 fully saturated rings. The molecule has 4 rings (SSSR count). The first-order chi connectivity index (χ1) is 16.0. The quantitative estimate of drug-likeness (QED) is 0.315. The number of nitrogens with one attached hydrogen (secondary N) is 1. The van der Waals surface area contributed by atoms with Crippen LogP contribution in [0.25, 0.3) is 5.76 Å². The Labute approximate surface area is 195 Å². The number of anilines is 1. The van der Waals surface area contributed by atoms with E-state index in [4.69, 9.17) is 5.73 Å². The van der Waals surface area contributed by atoms with Gasteiger partial charge in [0, 0.05) is 31.1 Å². The lowest BCUT2D eigenvalue weighted by Gasteiger charge is -2.49. The summed E-state index contributed by atoms with van der Waals surface area (Å²) in [6, 6.07) is -1.15. The second kappa shape index (κ2) is 8.10. The van der Waals surface area contributed by atoms with Crippen LogP contribution in [0.1, 0.15) is 30.9 Å². The Balaban J connectivity index is 1.95. The van der Waals surface area contributed by atoms with E-state index < -0.39 is 58.0 Å². The summed E-state index contributed by atoms with van der Waals surface area (Å²) in [7, 11) is 3.50. The minimum atomic E-state index is -2.64. The Morgan fingerprint density at radius 3 is 2.56 bits per heavy atom. The van der Waals surface area contributed by atoms with E-state index in [1.54, 1.807) is 19.0 Å². The van der Waals surface area contributed by atoms with Gasteiger partial charge in [-0.1, -0.05) is 6.92 Å². The second-order valence-corrected chi connectivity index (χ2v) is 9.20. The molecule has 1 aromatic heterocycles. The maximum Gasteiger partial charge on any atom is 0.255 e. The molecule has 0 bridgehead atoms. The number of carbonyl (C=O) groups is 3. The standard InChI is InChI=1S/C23H28N4O7/c1-4-5-25-16-11-7-9-6-10-14(12(28)8-26-22(10)27(2)3)17(29)13(9)19(31)23(11,34)20(32)15(18(16)30)21(24)33/h8-9,11,16,25,28-29,32,34H,4-7H2,1-3H3,(H2,24,33)/t9-,11-,16-,23-/m0/s1. The first-order valence-electron chi connectivity index (χ1n) is 11.1. The molecule has 4 atom stereocenters. The van der Waals surface area contributed by atoms with Crippen molar-refractivity contribution in [1.29, 1.82) is 0 Å². The molecule has 0 spiro atoms. The Kier molecular flexibility index (Phi) is 5.65. The monoisotopic (exact) mass is 472 g/mol. The van der Waals surface area contributed by atoms with Gasteiger partial charge in [0.15, 0.2) is 11.4 Å². The number of carbonyl (C=O) groups excluding carboxylic acids is 3. The molecule has 0 aliphatic heterocycles. The molecule has 1 saturated carbocycles. The van der Waals surface area contributed by atoms with Crippen molar-refractivity contribution in [2.45, 2.75) is 37.8 Å². The van der Waals surface area contributed by atoms with Crippen LogP contribution in [-0.4, -0.2) is 75.2 Å². The number of nitrogens with two attached hydrogens (primary N) is 1. The van der Waals surface area contributed by atoms with Gasteiger partial charge in [0.2, 0.25) is 5.78 Å². The smallest absolute Gasteiger partial charge is 0.255 e. The molecule has 34 heavy (non-hydrogen) atoms. The number of primary amides is 1. The molecule has 0 unspecified atom stereocenters. The third-order valence-corrected chi connectivity index (χ3v) is 6.97. The number of aromatic hydroxyl groups is 1. The van der Waals surface area contributed by atoms with E-state index in [1.165, 1.54) is 0 Å². The van der Waals surface area contributed by atoms with Crippen molar-refractivity contribution in [2.75, 3.05) is 25.5 Å². The van der Waals surface area contributed by atoms with Gasteiger partial charge in [-0.3, -0.25) is 14.4 Å². The van der Waals surface area contributed by atoms with Gasteiger partial charge < -0.3 is 36.4 Å². The predicted octanol–water partition coefficient (Wildman–Crippen LogP) is -0.137. The highest BCUT2D eigenvalue weighted by Crippen LogP contribution is 2.52. The summed E-state index contributed by atoms with van der Waals surface area (Å²) >= 11 is 0. The number of hydrogen-bond acceptors (Lipinski definition) is 10. The number of aliphatic hydroxyl groups excluding tert-OH is 2. The number of fused-ring (bicyclic) bond motifs is 3. The number of aromatic nitrogens is 1. The third kappa shape index (κ3) is 3.11. The molecule has 0 saturated heterocycles. The van der Waals surface area contributed by atoms with Crippen molar-refractivity contribution in [3.63, 3.8) is 0 Å². The van der Waals surface area contributed by atoms with Crippen molar-refractivity contribution in [1.82, 2.24) is 10.3 Å². The molecular formula is C23H28N4O7. The number of nitrogens with zero attached hydrogens (tertiary/aromatic N) is 2. The molecule has 3 aliphatic carbocycles. The summed E-state index contributed by atoms with van der Waals surface area (Å²) in [6.45, 7) is 2.22. The number of hydrogen-bond donors (Lipinski definition) is 6. The SMILES string of the molecule is CCCN[C@@H]1C(=O)C(C(N)=O)=C(O)[C@@]2(O)C(=O)C3=C(O)c4c(O)cnc(N(C)C)c4C[C@H]3C[C@@H]12. The average molecular weight is 472 g/mol. The van der Waals surface area contributed by atoms with E-state index in [1.807, 2.05) is 6.92 Å². The van der Waals surface area contributed by atoms with Gasteiger partial charge in [0.25, 0.3) is 5.91 Å². The van der Waals surface area contributed by atoms with Gasteiger partial charge in [0.1, 0.15) is 28.7 Å². The highest BCUT2D eigenvalue weighted by molar-refractivity contribution is 6.24. The van der Waals surface area contributed by atoms with Crippen LogP contribution in [-0.2, 0) is 20.8 Å². The molecule has 182 valence electrons. The Hall–Kier alpha value is -3.44. The van der Waals surface area contributed by atoms with Crippen LogP contribution in [0.3, 0.4) is 0 Å². The number of ketones is 2. The zero-order valence-electron chi connectivity index (χ0n) is 19.1. The van der Waals surface area contributed by atoms with E-state index in [0.29, 0.717) is 24.3 Å². The fraction of sp³-hybridized carbons (Fsp3) is 0.478. The van der Waals surface area contributed by atoms with Gasteiger partial charge in [-0.05, 0) is 31.7 Å². The van der Waals surface area contributed by atoms with Gasteiger partial charge in [0.05, 0.1) is 17.8 Å². The fourth-order valence-electron chi connectivity index (χ4n) is 5.47. The van der Waals surface area contributed by atoms with Crippen molar-refractivity contribution >= 4 is 29.1 Å². The summed E-state index contributed by atoms with van der Waals surface area (Å²) in [5.74, 6) is -6.32. The van der Waals surface area contributed by atoms with Crippen molar-refractivity contribution < 1.29 is 34.8 Å². The minimum absolute atomic E-state index is 0.0199. The third-order valence-electron chi connectivity index (χ3n) is 6.97. The Morgan fingerprint density at radius 2 is 1.97 bits per heavy atom. The van der Waals surface area contributed by atoms with E-state index in [0.717, 1.165) is 6.20 Å². The highest BCUT2D eigenvalue weighted by Gasteiger charge is 2.63. The van der Waals surface area contributed by atoms with Crippen LogP contribution < -0.4 is 16.0 Å². The van der Waals surface area contributed by atoms with Crippen molar-refractivity contribution in [3.05, 3.63) is 34.2 Å². The van der Waals surface area contributed by atoms with Crippen LogP contribution in [0.4, 0.5) is 5.82 Å². The molecule has 1 aromatic rings. The van der Waals surface area contributed by atoms with Crippen LogP contribution in [0, 0.1) is 11.8 Å². The summed E-state index contributed by atoms with van der Waals surface area (Å²) < 4.78 is 0. The topological polar surface area (TPSA) is 186 Å². The number of amides is 1. The van der Waals surface area contributed by atoms with Gasteiger partial charge in [-0.2, -0.15) is 0 Å². The number of pyridine rings is 1. The average Bonchev–Trinajstić information content (AvgIpc) is 2.75. The molecule has 11 nitrogen and oxygen atoms in total. The number of aliphatic hydroxyl groups is 3. The maximum absolute atomic E-state index is 13.7. The predicted molar refractivity (Wildman–Crippen MR) is 121 cm³/mol. The van der Waals surface area contributed by atoms with Crippen molar-refractivity contribution in [2.24, 2.45) is 17.6 Å². The molecule has 3 aliphatic rings. The Bertz CT molecular complexity index is 1170. The van der Waals surface area contributed by atoms with E-state index in [2.05, 4.69) is 10.3 Å². The number of Topliss-reactive ketones (excluding diaryl/α,β-unsaturated/α-hetero) is 2. The normalized spacial score (nSPS) is 28.4. The van der Waals surface area contributed by atoms with E-state index in [9.17, 15) is 34.8 Å². The highest BCUT2D eigenvalue weighted by atomic mass is 16.3. The molecular weight excluding hydrogens is 444 g/mol. The number of rotatable bonds is 5. The first-order valence-corrected chi connectivity index (χ1v) is 11.1. The van der Waals surface area contributed by atoms with E-state index in [-0.39, 0.29) is 29.7 Å². The lowest BCUT2D eigenvalue weighted by molar-refractivity contribution is -0.150. The zero-order valence-corrected chi connectivity index (χ0v) is 19.1. The minimum Gasteiger partial charge on any atom is -0.508 e. The lowest BCUT2D eigenvalue weighted by atomic mass is 9.57. The van der Waals surface area contributed by atoms with Crippen LogP contribution >= 0.6 is 0 Å². The lowest BCUT2D eigenvalue weighted by Crippen LogP contribution is -2.66.